The molecule has 0 spiro atoms. The molecule has 0 radical (unpaired) electrons. The van der Waals surface area contributed by atoms with Gasteiger partial charge in [0.15, 0.2) is 0 Å². The second-order valence-corrected chi connectivity index (χ2v) is 5.76. The first-order valence-electron chi connectivity index (χ1n) is 5.52. The van der Waals surface area contributed by atoms with E-state index < -0.39 is 0 Å². The summed E-state index contributed by atoms with van der Waals surface area (Å²) in [7, 11) is 0. The van der Waals surface area contributed by atoms with Crippen LogP contribution < -0.4 is 4.90 Å². The van der Waals surface area contributed by atoms with E-state index >= 15 is 0 Å². The van der Waals surface area contributed by atoms with Crippen LogP contribution in [0.5, 0.6) is 0 Å². The summed E-state index contributed by atoms with van der Waals surface area (Å²) in [6.45, 7) is 5.52. The number of hydrogen-bond donors (Lipinski definition) is 0. The number of nitriles is 1. The summed E-state index contributed by atoms with van der Waals surface area (Å²) in [5, 5.41) is 9.15. The van der Waals surface area contributed by atoms with Crippen molar-refractivity contribution in [2.24, 2.45) is 0 Å². The molecule has 0 atom stereocenters. The maximum absolute atomic E-state index is 9.15. The zero-order valence-corrected chi connectivity index (χ0v) is 11.2. The second-order valence-electron chi connectivity index (χ2n) is 4.84. The van der Waals surface area contributed by atoms with E-state index in [0.29, 0.717) is 0 Å². The van der Waals surface area contributed by atoms with Gasteiger partial charge in [-0.15, -0.1) is 0 Å². The minimum absolute atomic E-state index is 0.159. The summed E-state index contributed by atoms with van der Waals surface area (Å²) in [4.78, 5) is 2.34. The lowest BCUT2D eigenvalue weighted by molar-refractivity contribution is 0.517. The SMILES string of the molecule is CC1(C)CCCN1c1cc(Br)ccc1C#N. The molecule has 1 saturated heterocycles. The van der Waals surface area contributed by atoms with E-state index in [0.717, 1.165) is 22.3 Å². The molecule has 1 aromatic rings. The first-order valence-corrected chi connectivity index (χ1v) is 6.31. The van der Waals surface area contributed by atoms with Gasteiger partial charge in [-0.3, -0.25) is 0 Å². The molecule has 16 heavy (non-hydrogen) atoms. The molecule has 3 heteroatoms. The van der Waals surface area contributed by atoms with Crippen LogP contribution in [-0.2, 0) is 0 Å². The Bertz CT molecular complexity index is 446. The highest BCUT2D eigenvalue weighted by molar-refractivity contribution is 9.10. The molecule has 84 valence electrons. The lowest BCUT2D eigenvalue weighted by atomic mass is 10.0. The van der Waals surface area contributed by atoms with Crippen LogP contribution in [0.3, 0.4) is 0 Å². The van der Waals surface area contributed by atoms with Crippen molar-refractivity contribution in [2.45, 2.75) is 32.2 Å². The molecule has 0 amide bonds. The van der Waals surface area contributed by atoms with E-state index in [9.17, 15) is 0 Å². The summed E-state index contributed by atoms with van der Waals surface area (Å²) in [6, 6.07) is 8.13. The molecule has 0 N–H and O–H groups in total. The average Bonchev–Trinajstić information content (AvgIpc) is 2.58. The highest BCUT2D eigenvalue weighted by Gasteiger charge is 2.33. The largest absolute Gasteiger partial charge is 0.365 e. The fourth-order valence-electron chi connectivity index (χ4n) is 2.38. The van der Waals surface area contributed by atoms with E-state index in [1.54, 1.807) is 0 Å². The third kappa shape index (κ3) is 1.94. The molecule has 1 heterocycles. The molecule has 0 aromatic heterocycles. The quantitative estimate of drug-likeness (QED) is 0.783. The van der Waals surface area contributed by atoms with Crippen molar-refractivity contribution in [3.63, 3.8) is 0 Å². The maximum atomic E-state index is 9.15. The first kappa shape index (κ1) is 11.5. The Balaban J connectivity index is 2.47. The molecule has 1 fully saturated rings. The smallest absolute Gasteiger partial charge is 0.101 e. The second kappa shape index (κ2) is 4.10. The van der Waals surface area contributed by atoms with Crippen molar-refractivity contribution in [1.82, 2.24) is 0 Å². The third-order valence-corrected chi connectivity index (χ3v) is 3.77. The van der Waals surface area contributed by atoms with Crippen LogP contribution in [0.1, 0.15) is 32.3 Å². The Morgan fingerprint density at radius 2 is 2.19 bits per heavy atom. The predicted octanol–water partition coefficient (Wildman–Crippen LogP) is 3.70. The third-order valence-electron chi connectivity index (χ3n) is 3.27. The van der Waals surface area contributed by atoms with Gasteiger partial charge in [-0.2, -0.15) is 5.26 Å². The lowest BCUT2D eigenvalue weighted by Crippen LogP contribution is -2.38. The van der Waals surface area contributed by atoms with E-state index in [1.807, 2.05) is 18.2 Å². The van der Waals surface area contributed by atoms with Crippen molar-refractivity contribution in [2.75, 3.05) is 11.4 Å². The maximum Gasteiger partial charge on any atom is 0.101 e. The average molecular weight is 279 g/mol. The van der Waals surface area contributed by atoms with Gasteiger partial charge in [0, 0.05) is 16.6 Å². The van der Waals surface area contributed by atoms with Crippen LogP contribution in [0.2, 0.25) is 0 Å². The molecule has 0 bridgehead atoms. The fraction of sp³-hybridized carbons (Fsp3) is 0.462. The van der Waals surface area contributed by atoms with Gasteiger partial charge in [0.1, 0.15) is 6.07 Å². The van der Waals surface area contributed by atoms with E-state index in [1.165, 1.54) is 12.8 Å². The van der Waals surface area contributed by atoms with Crippen LogP contribution in [0.4, 0.5) is 5.69 Å². The van der Waals surface area contributed by atoms with Gasteiger partial charge in [0.25, 0.3) is 0 Å². The Labute approximate surface area is 105 Å². The molecule has 1 aliphatic rings. The highest BCUT2D eigenvalue weighted by Crippen LogP contribution is 2.36. The molecule has 0 unspecified atom stereocenters. The highest BCUT2D eigenvalue weighted by atomic mass is 79.9. The van der Waals surface area contributed by atoms with Crippen molar-refractivity contribution >= 4 is 21.6 Å². The molecule has 1 aromatic carbocycles. The zero-order chi connectivity index (χ0) is 11.8. The monoisotopic (exact) mass is 278 g/mol. The number of benzene rings is 1. The fourth-order valence-corrected chi connectivity index (χ4v) is 2.73. The van der Waals surface area contributed by atoms with Gasteiger partial charge in [0.05, 0.1) is 11.3 Å². The number of rotatable bonds is 1. The number of halogens is 1. The molecule has 1 aliphatic heterocycles. The molecule has 2 nitrogen and oxygen atoms in total. The van der Waals surface area contributed by atoms with Crippen LogP contribution in [-0.4, -0.2) is 12.1 Å². The Kier molecular flexibility index (Phi) is 2.94. The zero-order valence-electron chi connectivity index (χ0n) is 9.63. The van der Waals surface area contributed by atoms with Crippen LogP contribution >= 0.6 is 15.9 Å². The van der Waals surface area contributed by atoms with Crippen molar-refractivity contribution in [1.29, 1.82) is 5.26 Å². The van der Waals surface area contributed by atoms with E-state index in [2.05, 4.69) is 40.7 Å². The number of hydrogen-bond acceptors (Lipinski definition) is 2. The molecular weight excluding hydrogens is 264 g/mol. The topological polar surface area (TPSA) is 27.0 Å². The van der Waals surface area contributed by atoms with E-state index in [-0.39, 0.29) is 5.54 Å². The predicted molar refractivity (Wildman–Crippen MR) is 69.5 cm³/mol. The lowest BCUT2D eigenvalue weighted by Gasteiger charge is -2.34. The van der Waals surface area contributed by atoms with Crippen LogP contribution in [0.15, 0.2) is 22.7 Å². The minimum atomic E-state index is 0.159. The van der Waals surface area contributed by atoms with Crippen LogP contribution in [0.25, 0.3) is 0 Å². The molecule has 2 rings (SSSR count). The standard InChI is InChI=1S/C13H15BrN2/c1-13(2)6-3-7-16(13)12-8-11(14)5-4-10(12)9-15/h4-5,8H,3,6-7H2,1-2H3. The van der Waals surface area contributed by atoms with E-state index in [4.69, 9.17) is 5.26 Å². The van der Waals surface area contributed by atoms with Gasteiger partial charge in [-0.1, -0.05) is 15.9 Å². The van der Waals surface area contributed by atoms with Gasteiger partial charge in [-0.25, -0.2) is 0 Å². The Morgan fingerprint density at radius 3 is 2.75 bits per heavy atom. The first-order chi connectivity index (χ1) is 7.54. The van der Waals surface area contributed by atoms with Gasteiger partial charge in [-0.05, 0) is 44.9 Å². The molecule has 0 saturated carbocycles. The summed E-state index contributed by atoms with van der Waals surface area (Å²) >= 11 is 3.47. The van der Waals surface area contributed by atoms with Crippen molar-refractivity contribution in [3.8, 4) is 6.07 Å². The Hall–Kier alpha value is -1.01. The van der Waals surface area contributed by atoms with Crippen molar-refractivity contribution < 1.29 is 0 Å². The molecule has 0 aliphatic carbocycles. The Morgan fingerprint density at radius 1 is 1.44 bits per heavy atom. The number of anilines is 1. The normalized spacial score (nSPS) is 18.5. The molecular formula is C13H15BrN2. The van der Waals surface area contributed by atoms with Crippen molar-refractivity contribution in [3.05, 3.63) is 28.2 Å². The summed E-state index contributed by atoms with van der Waals surface area (Å²) < 4.78 is 1.03. The summed E-state index contributed by atoms with van der Waals surface area (Å²) in [5.74, 6) is 0. The van der Waals surface area contributed by atoms with Crippen LogP contribution in [0, 0.1) is 11.3 Å². The van der Waals surface area contributed by atoms with Gasteiger partial charge < -0.3 is 4.90 Å². The van der Waals surface area contributed by atoms with Gasteiger partial charge >= 0.3 is 0 Å². The summed E-state index contributed by atoms with van der Waals surface area (Å²) in [6.07, 6.45) is 2.38. The summed E-state index contributed by atoms with van der Waals surface area (Å²) in [5.41, 5.74) is 1.98. The number of nitrogens with zero attached hydrogens (tertiary/aromatic N) is 2. The van der Waals surface area contributed by atoms with Gasteiger partial charge in [0.2, 0.25) is 0 Å². The minimum Gasteiger partial charge on any atom is -0.365 e.